The van der Waals surface area contributed by atoms with Crippen molar-refractivity contribution in [1.29, 1.82) is 0 Å². The molecule has 2 aromatic carbocycles. The maximum atomic E-state index is 11.7. The van der Waals surface area contributed by atoms with Crippen molar-refractivity contribution in [3.63, 3.8) is 0 Å². The number of pyridine rings is 1. The minimum Gasteiger partial charge on any atom is -0.493 e. The third kappa shape index (κ3) is 5.27. The molecule has 4 rings (SSSR count). The smallest absolute Gasteiger partial charge is 0.230 e. The number of ketones is 1. The molecule has 4 aromatic rings. The molecule has 2 heterocycles. The molecule has 0 saturated carbocycles. The van der Waals surface area contributed by atoms with E-state index in [-0.39, 0.29) is 5.78 Å². The van der Waals surface area contributed by atoms with E-state index in [2.05, 4.69) is 30.6 Å². The average molecular weight is 473 g/mol. The van der Waals surface area contributed by atoms with E-state index < -0.39 is 0 Å². The number of hydrogen-bond acceptors (Lipinski definition) is 10. The van der Waals surface area contributed by atoms with E-state index in [0.29, 0.717) is 51.7 Å². The van der Waals surface area contributed by atoms with Gasteiger partial charge in [-0.05, 0) is 31.2 Å². The number of carbonyl (C=O) groups is 1. The molecule has 10 nitrogen and oxygen atoms in total. The van der Waals surface area contributed by atoms with E-state index >= 15 is 0 Å². The SMILES string of the molecule is COc1cc(Nc2ncnc(-c3cccnc3Nc3cccc(C(C)=O)c3)n2)cc(OC)c1OC. The van der Waals surface area contributed by atoms with Crippen LogP contribution < -0.4 is 24.8 Å². The second kappa shape index (κ2) is 10.5. The molecule has 2 aromatic heterocycles. The molecule has 0 bridgehead atoms. The van der Waals surface area contributed by atoms with Gasteiger partial charge in [0.15, 0.2) is 23.1 Å². The number of nitrogens with zero attached hydrogens (tertiary/aromatic N) is 4. The number of ether oxygens (including phenoxy) is 3. The molecule has 0 aliphatic carbocycles. The Labute approximate surface area is 202 Å². The number of rotatable bonds is 9. The van der Waals surface area contributed by atoms with Crippen LogP contribution in [0.4, 0.5) is 23.1 Å². The number of hydrogen-bond donors (Lipinski definition) is 2. The summed E-state index contributed by atoms with van der Waals surface area (Å²) in [5.74, 6) is 2.72. The van der Waals surface area contributed by atoms with Gasteiger partial charge in [-0.25, -0.2) is 15.0 Å². The summed E-state index contributed by atoms with van der Waals surface area (Å²) in [6.07, 6.45) is 3.08. The Hall–Kier alpha value is -4.73. The van der Waals surface area contributed by atoms with Crippen LogP contribution >= 0.6 is 0 Å². The molecule has 0 spiro atoms. The van der Waals surface area contributed by atoms with Gasteiger partial charge >= 0.3 is 0 Å². The standard InChI is InChI=1S/C25H24N6O4/c1-15(32)16-7-5-8-17(11-16)29-23-19(9-6-10-26-23)24-27-14-28-25(31-24)30-18-12-20(33-2)22(35-4)21(13-18)34-3/h5-14H,1-4H3,(H,26,29)(H,27,28,30,31). The first kappa shape index (κ1) is 23.4. The zero-order valence-electron chi connectivity index (χ0n) is 19.7. The lowest BCUT2D eigenvalue weighted by molar-refractivity contribution is 0.101. The number of anilines is 4. The van der Waals surface area contributed by atoms with Gasteiger partial charge < -0.3 is 24.8 Å². The van der Waals surface area contributed by atoms with Crippen molar-refractivity contribution >= 4 is 28.9 Å². The van der Waals surface area contributed by atoms with Crippen LogP contribution in [0.1, 0.15) is 17.3 Å². The van der Waals surface area contributed by atoms with Crippen molar-refractivity contribution in [3.05, 3.63) is 66.6 Å². The van der Waals surface area contributed by atoms with Crippen LogP contribution in [0.25, 0.3) is 11.4 Å². The van der Waals surface area contributed by atoms with E-state index in [0.717, 1.165) is 5.69 Å². The molecule has 0 aliphatic rings. The van der Waals surface area contributed by atoms with Gasteiger partial charge in [-0.1, -0.05) is 12.1 Å². The predicted octanol–water partition coefficient (Wildman–Crippen LogP) is 4.65. The fraction of sp³-hybridized carbons (Fsp3) is 0.160. The van der Waals surface area contributed by atoms with Crippen LogP contribution in [0.5, 0.6) is 17.2 Å². The van der Waals surface area contributed by atoms with Gasteiger partial charge in [0.2, 0.25) is 11.7 Å². The predicted molar refractivity (Wildman–Crippen MR) is 132 cm³/mol. The van der Waals surface area contributed by atoms with Crippen molar-refractivity contribution < 1.29 is 19.0 Å². The number of Topliss-reactive ketones (excluding diaryl/α,β-unsaturated/α-hetero) is 1. The highest BCUT2D eigenvalue weighted by Gasteiger charge is 2.15. The van der Waals surface area contributed by atoms with Gasteiger partial charge in [0.05, 0.1) is 26.9 Å². The summed E-state index contributed by atoms with van der Waals surface area (Å²) in [5, 5.41) is 6.39. The molecule has 0 radical (unpaired) electrons. The Morgan fingerprint density at radius 2 is 1.60 bits per heavy atom. The highest BCUT2D eigenvalue weighted by Crippen LogP contribution is 2.40. The first-order valence-corrected chi connectivity index (χ1v) is 10.6. The van der Waals surface area contributed by atoms with Gasteiger partial charge in [-0.15, -0.1) is 0 Å². The number of nitrogens with one attached hydrogen (secondary N) is 2. The van der Waals surface area contributed by atoms with E-state index in [1.807, 2.05) is 18.2 Å². The highest BCUT2D eigenvalue weighted by atomic mass is 16.5. The second-order valence-corrected chi connectivity index (χ2v) is 7.33. The largest absolute Gasteiger partial charge is 0.493 e. The minimum atomic E-state index is -0.0186. The van der Waals surface area contributed by atoms with Crippen molar-refractivity contribution in [3.8, 4) is 28.6 Å². The van der Waals surface area contributed by atoms with Crippen molar-refractivity contribution in [1.82, 2.24) is 19.9 Å². The van der Waals surface area contributed by atoms with Crippen LogP contribution in [0, 0.1) is 0 Å². The van der Waals surface area contributed by atoms with Gasteiger partial charge in [-0.3, -0.25) is 4.79 Å². The lowest BCUT2D eigenvalue weighted by Crippen LogP contribution is -2.03. The Morgan fingerprint density at radius 3 is 2.29 bits per heavy atom. The molecule has 0 saturated heterocycles. The molecular weight excluding hydrogens is 448 g/mol. The summed E-state index contributed by atoms with van der Waals surface area (Å²) >= 11 is 0. The normalized spacial score (nSPS) is 10.4. The van der Waals surface area contributed by atoms with Gasteiger partial charge in [0.1, 0.15) is 12.1 Å². The zero-order chi connectivity index (χ0) is 24.8. The number of aromatic nitrogens is 4. The summed E-state index contributed by atoms with van der Waals surface area (Å²) in [6.45, 7) is 1.53. The van der Waals surface area contributed by atoms with Crippen LogP contribution in [0.3, 0.4) is 0 Å². The van der Waals surface area contributed by atoms with Gasteiger partial charge in [0, 0.05) is 35.3 Å². The van der Waals surface area contributed by atoms with E-state index in [1.165, 1.54) is 13.3 Å². The molecule has 2 N–H and O–H groups in total. The highest BCUT2D eigenvalue weighted by molar-refractivity contribution is 5.95. The summed E-state index contributed by atoms with van der Waals surface area (Å²) in [4.78, 5) is 29.3. The summed E-state index contributed by atoms with van der Waals surface area (Å²) in [7, 11) is 4.64. The third-order valence-electron chi connectivity index (χ3n) is 5.07. The Bertz CT molecular complexity index is 1340. The van der Waals surface area contributed by atoms with E-state index in [1.54, 1.807) is 57.9 Å². The lowest BCUT2D eigenvalue weighted by Gasteiger charge is -2.15. The molecule has 0 atom stereocenters. The quantitative estimate of drug-likeness (QED) is 0.333. The van der Waals surface area contributed by atoms with Crippen molar-refractivity contribution in [2.45, 2.75) is 6.92 Å². The van der Waals surface area contributed by atoms with Crippen molar-refractivity contribution in [2.75, 3.05) is 32.0 Å². The van der Waals surface area contributed by atoms with Gasteiger partial charge in [0.25, 0.3) is 0 Å². The summed E-state index contributed by atoms with van der Waals surface area (Å²) < 4.78 is 16.2. The summed E-state index contributed by atoms with van der Waals surface area (Å²) in [6, 6.07) is 14.4. The maximum Gasteiger partial charge on any atom is 0.230 e. The molecule has 35 heavy (non-hydrogen) atoms. The molecule has 0 aliphatic heterocycles. The number of carbonyl (C=O) groups excluding carboxylic acids is 1. The zero-order valence-corrected chi connectivity index (χ0v) is 19.7. The second-order valence-electron chi connectivity index (χ2n) is 7.33. The maximum absolute atomic E-state index is 11.7. The Kier molecular flexibility index (Phi) is 7.01. The van der Waals surface area contributed by atoms with Gasteiger partial charge in [-0.2, -0.15) is 4.98 Å². The number of methoxy groups -OCH3 is 3. The minimum absolute atomic E-state index is 0.0186. The van der Waals surface area contributed by atoms with Crippen molar-refractivity contribution in [2.24, 2.45) is 0 Å². The van der Waals surface area contributed by atoms with Crippen LogP contribution in [0.2, 0.25) is 0 Å². The molecule has 10 heteroatoms. The molecule has 178 valence electrons. The summed E-state index contributed by atoms with van der Waals surface area (Å²) in [5.41, 5.74) is 2.63. The van der Waals surface area contributed by atoms with Crippen LogP contribution in [0.15, 0.2) is 61.1 Å². The third-order valence-corrected chi connectivity index (χ3v) is 5.07. The monoisotopic (exact) mass is 472 g/mol. The lowest BCUT2D eigenvalue weighted by atomic mass is 10.1. The Balaban J connectivity index is 1.64. The molecule has 0 fully saturated rings. The molecule has 0 unspecified atom stereocenters. The molecule has 0 amide bonds. The van der Waals surface area contributed by atoms with E-state index in [9.17, 15) is 4.79 Å². The molecular formula is C25H24N6O4. The Morgan fingerprint density at radius 1 is 0.829 bits per heavy atom. The van der Waals surface area contributed by atoms with E-state index in [4.69, 9.17) is 14.2 Å². The first-order valence-electron chi connectivity index (χ1n) is 10.6. The van der Waals surface area contributed by atoms with Crippen LogP contribution in [-0.4, -0.2) is 47.0 Å². The fourth-order valence-electron chi connectivity index (χ4n) is 3.41. The number of benzene rings is 2. The fourth-order valence-corrected chi connectivity index (χ4v) is 3.41. The first-order chi connectivity index (χ1) is 17.0. The van der Waals surface area contributed by atoms with Crippen LogP contribution in [-0.2, 0) is 0 Å². The average Bonchev–Trinajstić information content (AvgIpc) is 2.88. The topological polar surface area (TPSA) is 120 Å².